The molecule has 0 aliphatic carbocycles. The van der Waals surface area contributed by atoms with Crippen molar-refractivity contribution < 1.29 is 9.53 Å². The van der Waals surface area contributed by atoms with Crippen LogP contribution < -0.4 is 15.4 Å². The Hall–Kier alpha value is -2.97. The lowest BCUT2D eigenvalue weighted by Crippen LogP contribution is -2.49. The van der Waals surface area contributed by atoms with Gasteiger partial charge in [-0.05, 0) is 13.8 Å². The highest BCUT2D eigenvalue weighted by Crippen LogP contribution is 2.18. The predicted octanol–water partition coefficient (Wildman–Crippen LogP) is 0.518. The second kappa shape index (κ2) is 7.29. The van der Waals surface area contributed by atoms with Gasteiger partial charge in [0.15, 0.2) is 11.5 Å². The number of hydrogen-bond acceptors (Lipinski definition) is 8. The molecular formula is C16H21N7O2. The van der Waals surface area contributed by atoms with Crippen LogP contribution in [-0.4, -0.2) is 63.5 Å². The van der Waals surface area contributed by atoms with E-state index < -0.39 is 0 Å². The minimum absolute atomic E-state index is 0.151. The van der Waals surface area contributed by atoms with Gasteiger partial charge in [0.2, 0.25) is 11.8 Å². The summed E-state index contributed by atoms with van der Waals surface area (Å²) < 4.78 is 5.48. The van der Waals surface area contributed by atoms with Crippen molar-refractivity contribution in [1.29, 1.82) is 0 Å². The largest absolute Gasteiger partial charge is 0.478 e. The van der Waals surface area contributed by atoms with E-state index in [1.165, 1.54) is 12.4 Å². The summed E-state index contributed by atoms with van der Waals surface area (Å²) in [6.45, 7) is 6.70. The number of aryl methyl sites for hydroxylation is 1. The maximum Gasteiger partial charge on any atom is 0.276 e. The number of rotatable bonds is 4. The van der Waals surface area contributed by atoms with E-state index >= 15 is 0 Å². The molecule has 0 bridgehead atoms. The molecule has 1 aliphatic rings. The number of hydrogen-bond donors (Lipinski definition) is 1. The van der Waals surface area contributed by atoms with Crippen molar-refractivity contribution in [2.45, 2.75) is 13.8 Å². The van der Waals surface area contributed by atoms with Gasteiger partial charge in [-0.1, -0.05) is 0 Å². The topological polar surface area (TPSA) is 110 Å². The summed E-state index contributed by atoms with van der Waals surface area (Å²) in [6, 6.07) is 1.81. The van der Waals surface area contributed by atoms with Crippen molar-refractivity contribution in [3.63, 3.8) is 0 Å². The van der Waals surface area contributed by atoms with Gasteiger partial charge in [0, 0.05) is 50.3 Å². The average Bonchev–Trinajstić information content (AvgIpc) is 2.61. The van der Waals surface area contributed by atoms with Crippen LogP contribution in [0.5, 0.6) is 5.88 Å². The Bertz CT molecular complexity index is 760. The maximum absolute atomic E-state index is 12.5. The quantitative estimate of drug-likeness (QED) is 0.855. The van der Waals surface area contributed by atoms with Crippen LogP contribution in [0.4, 0.5) is 11.8 Å². The van der Waals surface area contributed by atoms with Crippen molar-refractivity contribution in [2.24, 2.45) is 0 Å². The summed E-state index contributed by atoms with van der Waals surface area (Å²) in [5.41, 5.74) is 6.79. The Labute approximate surface area is 145 Å². The zero-order valence-electron chi connectivity index (χ0n) is 14.3. The average molecular weight is 343 g/mol. The minimum atomic E-state index is -0.203. The summed E-state index contributed by atoms with van der Waals surface area (Å²) in [4.78, 5) is 33.2. The van der Waals surface area contributed by atoms with E-state index in [1.54, 1.807) is 4.90 Å². The van der Waals surface area contributed by atoms with E-state index in [9.17, 15) is 4.79 Å². The minimum Gasteiger partial charge on any atom is -0.478 e. The predicted molar refractivity (Wildman–Crippen MR) is 92.5 cm³/mol. The Balaban J connectivity index is 1.68. The highest BCUT2D eigenvalue weighted by molar-refractivity contribution is 5.96. The first-order valence-electron chi connectivity index (χ1n) is 8.17. The molecule has 0 atom stereocenters. The third kappa shape index (κ3) is 3.76. The summed E-state index contributed by atoms with van der Waals surface area (Å²) in [6.07, 6.45) is 2.94. The lowest BCUT2D eigenvalue weighted by atomic mass is 10.2. The molecule has 2 aromatic rings. The number of nitrogen functional groups attached to an aromatic ring is 1. The van der Waals surface area contributed by atoms with Crippen LogP contribution in [0.3, 0.4) is 0 Å². The molecule has 0 spiro atoms. The third-order valence-corrected chi connectivity index (χ3v) is 3.89. The second-order valence-corrected chi connectivity index (χ2v) is 5.65. The highest BCUT2D eigenvalue weighted by Gasteiger charge is 2.26. The number of amides is 1. The molecule has 1 amide bonds. The van der Waals surface area contributed by atoms with Crippen molar-refractivity contribution in [1.82, 2.24) is 24.8 Å². The number of aromatic nitrogens is 4. The second-order valence-electron chi connectivity index (χ2n) is 5.65. The normalized spacial score (nSPS) is 14.5. The van der Waals surface area contributed by atoms with Crippen molar-refractivity contribution in [3.05, 3.63) is 29.8 Å². The molecule has 2 aromatic heterocycles. The molecule has 3 rings (SSSR count). The molecule has 3 heterocycles. The fourth-order valence-corrected chi connectivity index (χ4v) is 2.66. The Morgan fingerprint density at radius 3 is 2.60 bits per heavy atom. The first-order chi connectivity index (χ1) is 12.1. The zero-order chi connectivity index (χ0) is 17.8. The van der Waals surface area contributed by atoms with Crippen LogP contribution in [0.15, 0.2) is 18.5 Å². The molecule has 1 fully saturated rings. The van der Waals surface area contributed by atoms with Gasteiger partial charge in [0.1, 0.15) is 0 Å². The van der Waals surface area contributed by atoms with E-state index in [4.69, 9.17) is 10.5 Å². The smallest absolute Gasteiger partial charge is 0.276 e. The van der Waals surface area contributed by atoms with Gasteiger partial charge in [0.25, 0.3) is 5.91 Å². The standard InChI is InChI=1S/C16H21N7O2/c1-3-25-12-10-11(2)20-16(21-12)23-8-6-22(7-9-23)15(24)13-14(17)19-5-4-18-13/h4-5,10H,3,6-9H2,1-2H3,(H2,17,19). The molecule has 2 N–H and O–H groups in total. The van der Waals surface area contributed by atoms with Crippen molar-refractivity contribution in [3.8, 4) is 5.88 Å². The van der Waals surface area contributed by atoms with Crippen LogP contribution in [0.1, 0.15) is 23.1 Å². The molecule has 1 aliphatic heterocycles. The lowest BCUT2D eigenvalue weighted by Gasteiger charge is -2.34. The first kappa shape index (κ1) is 16.9. The fraction of sp³-hybridized carbons (Fsp3) is 0.438. The highest BCUT2D eigenvalue weighted by atomic mass is 16.5. The summed E-state index contributed by atoms with van der Waals surface area (Å²) >= 11 is 0. The Kier molecular flexibility index (Phi) is 4.92. The van der Waals surface area contributed by atoms with Crippen LogP contribution in [0.2, 0.25) is 0 Å². The first-order valence-corrected chi connectivity index (χ1v) is 8.17. The number of ether oxygens (including phenoxy) is 1. The van der Waals surface area contributed by atoms with E-state index in [-0.39, 0.29) is 17.4 Å². The molecule has 9 nitrogen and oxygen atoms in total. The van der Waals surface area contributed by atoms with Crippen LogP contribution in [-0.2, 0) is 0 Å². The van der Waals surface area contributed by atoms with E-state index in [2.05, 4.69) is 19.9 Å². The van der Waals surface area contributed by atoms with Gasteiger partial charge < -0.3 is 20.3 Å². The summed E-state index contributed by atoms with van der Waals surface area (Å²) in [7, 11) is 0. The molecular weight excluding hydrogens is 322 g/mol. The number of anilines is 2. The van der Waals surface area contributed by atoms with Crippen LogP contribution in [0, 0.1) is 6.92 Å². The van der Waals surface area contributed by atoms with Gasteiger partial charge in [-0.25, -0.2) is 15.0 Å². The van der Waals surface area contributed by atoms with E-state index in [1.807, 2.05) is 24.8 Å². The number of carbonyl (C=O) groups is 1. The fourth-order valence-electron chi connectivity index (χ4n) is 2.66. The van der Waals surface area contributed by atoms with Gasteiger partial charge in [-0.15, -0.1) is 0 Å². The van der Waals surface area contributed by atoms with Gasteiger partial charge in [-0.3, -0.25) is 4.79 Å². The number of nitrogens with zero attached hydrogens (tertiary/aromatic N) is 6. The summed E-state index contributed by atoms with van der Waals surface area (Å²) in [5.74, 6) is 1.13. The molecule has 0 aromatic carbocycles. The Morgan fingerprint density at radius 1 is 1.20 bits per heavy atom. The van der Waals surface area contributed by atoms with Crippen LogP contribution >= 0.6 is 0 Å². The van der Waals surface area contributed by atoms with E-state index in [0.29, 0.717) is 44.6 Å². The molecule has 1 saturated heterocycles. The van der Waals surface area contributed by atoms with Crippen LogP contribution in [0.25, 0.3) is 0 Å². The zero-order valence-corrected chi connectivity index (χ0v) is 14.3. The number of piperazine rings is 1. The van der Waals surface area contributed by atoms with Gasteiger partial charge in [0.05, 0.1) is 6.61 Å². The van der Waals surface area contributed by atoms with Gasteiger partial charge >= 0.3 is 0 Å². The number of carbonyl (C=O) groups excluding carboxylic acids is 1. The molecule has 0 radical (unpaired) electrons. The van der Waals surface area contributed by atoms with E-state index in [0.717, 1.165) is 5.69 Å². The molecule has 25 heavy (non-hydrogen) atoms. The van der Waals surface area contributed by atoms with Crippen molar-refractivity contribution >= 4 is 17.7 Å². The monoisotopic (exact) mass is 343 g/mol. The van der Waals surface area contributed by atoms with Crippen molar-refractivity contribution in [2.75, 3.05) is 43.4 Å². The SMILES string of the molecule is CCOc1cc(C)nc(N2CCN(C(=O)c3nccnc3N)CC2)n1. The third-order valence-electron chi connectivity index (χ3n) is 3.89. The van der Waals surface area contributed by atoms with Gasteiger partial charge in [-0.2, -0.15) is 4.98 Å². The molecule has 0 unspecified atom stereocenters. The lowest BCUT2D eigenvalue weighted by molar-refractivity contribution is 0.0741. The molecule has 9 heteroatoms. The maximum atomic E-state index is 12.5. The number of nitrogens with two attached hydrogens (primary N) is 1. The molecule has 0 saturated carbocycles. The summed E-state index contributed by atoms with van der Waals surface area (Å²) in [5, 5.41) is 0. The molecule has 132 valence electrons. The Morgan fingerprint density at radius 2 is 1.92 bits per heavy atom.